The molecule has 0 aliphatic rings. The second-order valence-electron chi connectivity index (χ2n) is 7.48. The standard InChI is InChI=1S/C23H22ClN5O3S/c1-13-19(14(2)29(28-13)17-6-4-16(24)5-7-17)10-22(31)27-23-26-20(12-33-23)21-9-8-18(32-21)11-25-15(3)30/h4-9,12H,10-11H2,1-3H3,(H,25,30)(H,26,27,31). The number of benzene rings is 1. The van der Waals surface area contributed by atoms with Crippen molar-refractivity contribution in [3.05, 3.63) is 69.5 Å². The molecule has 0 atom stereocenters. The highest BCUT2D eigenvalue weighted by atomic mass is 35.5. The third kappa shape index (κ3) is 5.32. The van der Waals surface area contributed by atoms with Crippen molar-refractivity contribution in [2.24, 2.45) is 0 Å². The summed E-state index contributed by atoms with van der Waals surface area (Å²) in [5.74, 6) is 0.893. The van der Waals surface area contributed by atoms with Crippen LogP contribution in [0.3, 0.4) is 0 Å². The highest BCUT2D eigenvalue weighted by molar-refractivity contribution is 7.14. The number of hydrogen-bond acceptors (Lipinski definition) is 6. The van der Waals surface area contributed by atoms with Gasteiger partial charge in [0.15, 0.2) is 10.9 Å². The molecule has 8 nitrogen and oxygen atoms in total. The molecule has 0 aliphatic carbocycles. The number of hydrogen-bond donors (Lipinski definition) is 2. The fourth-order valence-electron chi connectivity index (χ4n) is 3.36. The summed E-state index contributed by atoms with van der Waals surface area (Å²) in [6.45, 7) is 5.59. The molecule has 33 heavy (non-hydrogen) atoms. The zero-order chi connectivity index (χ0) is 23.5. The number of halogens is 1. The number of amides is 2. The number of furan rings is 1. The Labute approximate surface area is 199 Å². The molecule has 0 spiro atoms. The zero-order valence-electron chi connectivity index (χ0n) is 18.3. The minimum absolute atomic E-state index is 0.129. The number of carbonyl (C=O) groups excluding carboxylic acids is 2. The molecule has 0 saturated heterocycles. The van der Waals surface area contributed by atoms with Gasteiger partial charge in [0.25, 0.3) is 0 Å². The lowest BCUT2D eigenvalue weighted by Crippen LogP contribution is -2.18. The Morgan fingerprint density at radius 3 is 2.64 bits per heavy atom. The molecule has 0 fully saturated rings. The topological polar surface area (TPSA) is 102 Å². The highest BCUT2D eigenvalue weighted by Gasteiger charge is 2.17. The first-order chi connectivity index (χ1) is 15.8. The number of nitrogens with one attached hydrogen (secondary N) is 2. The van der Waals surface area contributed by atoms with E-state index in [0.29, 0.717) is 33.9 Å². The average Bonchev–Trinajstić information content (AvgIpc) is 3.49. The van der Waals surface area contributed by atoms with E-state index in [2.05, 4.69) is 20.7 Å². The monoisotopic (exact) mass is 483 g/mol. The molecule has 3 aromatic heterocycles. The lowest BCUT2D eigenvalue weighted by Gasteiger charge is -2.06. The van der Waals surface area contributed by atoms with Crippen LogP contribution < -0.4 is 10.6 Å². The third-order valence-electron chi connectivity index (χ3n) is 5.03. The van der Waals surface area contributed by atoms with E-state index in [4.69, 9.17) is 16.0 Å². The maximum absolute atomic E-state index is 12.7. The van der Waals surface area contributed by atoms with Crippen molar-refractivity contribution in [2.75, 3.05) is 5.32 Å². The summed E-state index contributed by atoms with van der Waals surface area (Å²) in [5, 5.41) is 13.1. The maximum Gasteiger partial charge on any atom is 0.230 e. The van der Waals surface area contributed by atoms with E-state index in [1.165, 1.54) is 18.3 Å². The van der Waals surface area contributed by atoms with Crippen LogP contribution in [0.2, 0.25) is 5.02 Å². The van der Waals surface area contributed by atoms with Crippen molar-refractivity contribution in [3.63, 3.8) is 0 Å². The van der Waals surface area contributed by atoms with Gasteiger partial charge < -0.3 is 15.1 Å². The van der Waals surface area contributed by atoms with Crippen LogP contribution in [0.4, 0.5) is 5.13 Å². The van der Waals surface area contributed by atoms with E-state index in [9.17, 15) is 9.59 Å². The number of nitrogens with zero attached hydrogens (tertiary/aromatic N) is 3. The lowest BCUT2D eigenvalue weighted by atomic mass is 10.1. The van der Waals surface area contributed by atoms with Crippen LogP contribution in [0, 0.1) is 13.8 Å². The molecule has 2 N–H and O–H groups in total. The van der Waals surface area contributed by atoms with Crippen LogP contribution >= 0.6 is 22.9 Å². The average molecular weight is 484 g/mol. The quantitative estimate of drug-likeness (QED) is 0.397. The normalized spacial score (nSPS) is 10.9. The van der Waals surface area contributed by atoms with Gasteiger partial charge in [-0.25, -0.2) is 9.67 Å². The smallest absolute Gasteiger partial charge is 0.230 e. The van der Waals surface area contributed by atoms with Gasteiger partial charge >= 0.3 is 0 Å². The summed E-state index contributed by atoms with van der Waals surface area (Å²) in [5.41, 5.74) is 4.06. The maximum atomic E-state index is 12.7. The second kappa shape index (κ2) is 9.60. The van der Waals surface area contributed by atoms with Gasteiger partial charge in [0.05, 0.1) is 24.3 Å². The van der Waals surface area contributed by atoms with Crippen LogP contribution in [0.5, 0.6) is 0 Å². The molecule has 0 unspecified atom stereocenters. The van der Waals surface area contributed by atoms with E-state index >= 15 is 0 Å². The second-order valence-corrected chi connectivity index (χ2v) is 8.77. The van der Waals surface area contributed by atoms with Crippen LogP contribution in [-0.4, -0.2) is 26.6 Å². The fraction of sp³-hybridized carbons (Fsp3) is 0.217. The Morgan fingerprint density at radius 2 is 1.91 bits per heavy atom. The SMILES string of the molecule is CC(=O)NCc1ccc(-c2csc(NC(=O)Cc3c(C)nn(-c4ccc(Cl)cc4)c3C)n2)o1. The van der Waals surface area contributed by atoms with Crippen molar-refractivity contribution in [1.29, 1.82) is 0 Å². The Morgan fingerprint density at radius 1 is 1.15 bits per heavy atom. The minimum Gasteiger partial charge on any atom is -0.458 e. The molecule has 0 bridgehead atoms. The van der Waals surface area contributed by atoms with Gasteiger partial charge in [-0.2, -0.15) is 5.10 Å². The van der Waals surface area contributed by atoms with E-state index < -0.39 is 0 Å². The molecule has 4 rings (SSSR count). The number of carbonyl (C=O) groups is 2. The summed E-state index contributed by atoms with van der Waals surface area (Å²) < 4.78 is 7.53. The number of anilines is 1. The molecule has 3 heterocycles. The lowest BCUT2D eigenvalue weighted by molar-refractivity contribution is -0.119. The van der Waals surface area contributed by atoms with E-state index in [0.717, 1.165) is 22.6 Å². The van der Waals surface area contributed by atoms with E-state index in [-0.39, 0.29) is 18.2 Å². The summed E-state index contributed by atoms with van der Waals surface area (Å²) in [6, 6.07) is 11.0. The number of thiazole rings is 1. The van der Waals surface area contributed by atoms with Crippen LogP contribution in [0.1, 0.15) is 29.6 Å². The van der Waals surface area contributed by atoms with E-state index in [1.54, 1.807) is 12.1 Å². The van der Waals surface area contributed by atoms with Gasteiger partial charge in [-0.3, -0.25) is 9.59 Å². The van der Waals surface area contributed by atoms with Gasteiger partial charge in [-0.1, -0.05) is 11.6 Å². The van der Waals surface area contributed by atoms with Gasteiger partial charge in [0.1, 0.15) is 11.5 Å². The Hall–Kier alpha value is -3.43. The molecule has 0 saturated carbocycles. The Balaban J connectivity index is 1.42. The predicted molar refractivity (Wildman–Crippen MR) is 128 cm³/mol. The summed E-state index contributed by atoms with van der Waals surface area (Å²) >= 11 is 7.30. The van der Waals surface area contributed by atoms with Crippen LogP contribution in [0.25, 0.3) is 17.1 Å². The molecule has 4 aromatic rings. The molecule has 0 aliphatic heterocycles. The van der Waals surface area contributed by atoms with E-state index in [1.807, 2.05) is 48.2 Å². The molecular weight excluding hydrogens is 462 g/mol. The molecule has 1 aromatic carbocycles. The Bertz CT molecular complexity index is 1310. The van der Waals surface area contributed by atoms with Crippen LogP contribution in [0.15, 0.2) is 46.2 Å². The largest absolute Gasteiger partial charge is 0.458 e. The van der Waals surface area contributed by atoms with Gasteiger partial charge in [-0.05, 0) is 50.2 Å². The first-order valence-corrected chi connectivity index (χ1v) is 11.5. The zero-order valence-corrected chi connectivity index (χ0v) is 19.9. The van der Waals surface area contributed by atoms with Gasteiger partial charge in [0, 0.05) is 28.6 Å². The van der Waals surface area contributed by atoms with Crippen molar-refractivity contribution >= 4 is 39.9 Å². The predicted octanol–water partition coefficient (Wildman–Crippen LogP) is 4.68. The Kier molecular flexibility index (Phi) is 6.62. The molecular formula is C23H22ClN5O3S. The molecule has 170 valence electrons. The summed E-state index contributed by atoms with van der Waals surface area (Å²) in [6.07, 6.45) is 0.182. The highest BCUT2D eigenvalue weighted by Crippen LogP contribution is 2.27. The summed E-state index contributed by atoms with van der Waals surface area (Å²) in [4.78, 5) is 28.2. The van der Waals surface area contributed by atoms with Crippen LogP contribution in [-0.2, 0) is 22.6 Å². The van der Waals surface area contributed by atoms with Crippen molar-refractivity contribution in [3.8, 4) is 17.1 Å². The van der Waals surface area contributed by atoms with Crippen molar-refractivity contribution in [2.45, 2.75) is 33.7 Å². The van der Waals surface area contributed by atoms with Crippen molar-refractivity contribution < 1.29 is 14.0 Å². The first kappa shape index (κ1) is 22.8. The number of rotatable bonds is 7. The van der Waals surface area contributed by atoms with Gasteiger partial charge in [0.2, 0.25) is 11.8 Å². The number of aryl methyl sites for hydroxylation is 1. The third-order valence-corrected chi connectivity index (χ3v) is 6.04. The van der Waals surface area contributed by atoms with Crippen molar-refractivity contribution in [1.82, 2.24) is 20.1 Å². The first-order valence-electron chi connectivity index (χ1n) is 10.2. The molecule has 0 radical (unpaired) electrons. The van der Waals surface area contributed by atoms with Gasteiger partial charge in [-0.15, -0.1) is 11.3 Å². The fourth-order valence-corrected chi connectivity index (χ4v) is 4.20. The number of aromatic nitrogens is 3. The molecule has 10 heteroatoms. The minimum atomic E-state index is -0.177. The molecule has 2 amide bonds. The summed E-state index contributed by atoms with van der Waals surface area (Å²) in [7, 11) is 0.